The SMILES string of the molecule is CC(C)CCc1cccc[n+]1C(C)(C)C. The predicted molar refractivity (Wildman–Crippen MR) is 64.8 cm³/mol. The Morgan fingerprint density at radius 2 is 1.87 bits per heavy atom. The van der Waals surface area contributed by atoms with Crippen LogP contribution in [0.4, 0.5) is 0 Å². The van der Waals surface area contributed by atoms with Crippen molar-refractivity contribution in [3.05, 3.63) is 30.1 Å². The van der Waals surface area contributed by atoms with Gasteiger partial charge in [-0.05, 0) is 12.3 Å². The molecule has 15 heavy (non-hydrogen) atoms. The molecular weight excluding hydrogens is 182 g/mol. The monoisotopic (exact) mass is 206 g/mol. The van der Waals surface area contributed by atoms with Crippen LogP contribution < -0.4 is 4.57 Å². The normalized spacial score (nSPS) is 12.1. The van der Waals surface area contributed by atoms with Crippen molar-refractivity contribution in [2.45, 2.75) is 53.0 Å². The van der Waals surface area contributed by atoms with Gasteiger partial charge in [0.25, 0.3) is 0 Å². The van der Waals surface area contributed by atoms with Gasteiger partial charge in [0.15, 0.2) is 17.4 Å². The minimum absolute atomic E-state index is 0.188. The molecule has 0 bridgehead atoms. The fourth-order valence-corrected chi connectivity index (χ4v) is 1.77. The third-order valence-corrected chi connectivity index (χ3v) is 2.64. The Labute approximate surface area is 94.1 Å². The molecule has 1 heteroatoms. The van der Waals surface area contributed by atoms with Crippen molar-refractivity contribution in [3.8, 4) is 0 Å². The minimum Gasteiger partial charge on any atom is -0.198 e. The smallest absolute Gasteiger partial charge is 0.181 e. The molecule has 0 amide bonds. The first-order valence-corrected chi connectivity index (χ1v) is 5.91. The third kappa shape index (κ3) is 3.65. The second-order valence-electron chi connectivity index (χ2n) is 5.67. The Hall–Kier alpha value is -0.850. The first kappa shape index (κ1) is 12.2. The van der Waals surface area contributed by atoms with Crippen molar-refractivity contribution in [1.29, 1.82) is 0 Å². The number of aromatic nitrogens is 1. The maximum Gasteiger partial charge on any atom is 0.181 e. The van der Waals surface area contributed by atoms with E-state index >= 15 is 0 Å². The zero-order valence-electron chi connectivity index (χ0n) is 10.7. The van der Waals surface area contributed by atoms with E-state index < -0.39 is 0 Å². The summed E-state index contributed by atoms with van der Waals surface area (Å²) in [4.78, 5) is 0. The lowest BCUT2D eigenvalue weighted by molar-refractivity contribution is -0.760. The van der Waals surface area contributed by atoms with Crippen molar-refractivity contribution in [3.63, 3.8) is 0 Å². The number of hydrogen-bond acceptors (Lipinski definition) is 0. The summed E-state index contributed by atoms with van der Waals surface area (Å²) >= 11 is 0. The van der Waals surface area contributed by atoms with Crippen LogP contribution >= 0.6 is 0 Å². The molecular formula is C14H24N+. The maximum absolute atomic E-state index is 2.38. The maximum atomic E-state index is 2.38. The molecule has 0 aliphatic rings. The summed E-state index contributed by atoms with van der Waals surface area (Å²) in [5.41, 5.74) is 1.63. The topological polar surface area (TPSA) is 3.88 Å². The molecule has 0 aliphatic heterocycles. The van der Waals surface area contributed by atoms with E-state index in [4.69, 9.17) is 0 Å². The molecule has 84 valence electrons. The first-order chi connectivity index (χ1) is 6.91. The summed E-state index contributed by atoms with van der Waals surface area (Å²) in [6, 6.07) is 6.50. The molecule has 0 unspecified atom stereocenters. The van der Waals surface area contributed by atoms with E-state index in [0.717, 1.165) is 5.92 Å². The number of nitrogens with zero attached hydrogens (tertiary/aromatic N) is 1. The molecule has 1 nitrogen and oxygen atoms in total. The van der Waals surface area contributed by atoms with E-state index in [1.54, 1.807) is 0 Å². The lowest BCUT2D eigenvalue weighted by Crippen LogP contribution is -2.52. The molecule has 0 saturated heterocycles. The highest BCUT2D eigenvalue weighted by Gasteiger charge is 2.24. The average Bonchev–Trinajstić information content (AvgIpc) is 2.13. The highest BCUT2D eigenvalue weighted by molar-refractivity contribution is 4.98. The van der Waals surface area contributed by atoms with Crippen molar-refractivity contribution in [2.24, 2.45) is 5.92 Å². The molecule has 0 fully saturated rings. The summed E-state index contributed by atoms with van der Waals surface area (Å²) in [6.07, 6.45) is 4.63. The fourth-order valence-electron chi connectivity index (χ4n) is 1.77. The zero-order valence-corrected chi connectivity index (χ0v) is 10.7. The van der Waals surface area contributed by atoms with Crippen LogP contribution in [0.2, 0.25) is 0 Å². The van der Waals surface area contributed by atoms with E-state index in [9.17, 15) is 0 Å². The summed E-state index contributed by atoms with van der Waals surface area (Å²) in [5.74, 6) is 0.777. The first-order valence-electron chi connectivity index (χ1n) is 5.91. The average molecular weight is 206 g/mol. The van der Waals surface area contributed by atoms with Crippen LogP contribution in [0.25, 0.3) is 0 Å². The number of hydrogen-bond donors (Lipinski definition) is 0. The van der Waals surface area contributed by atoms with Crippen LogP contribution in [-0.4, -0.2) is 0 Å². The van der Waals surface area contributed by atoms with Gasteiger partial charge in [-0.1, -0.05) is 19.9 Å². The summed E-state index contributed by atoms with van der Waals surface area (Å²) in [5, 5.41) is 0. The molecule has 0 aliphatic carbocycles. The van der Waals surface area contributed by atoms with Crippen LogP contribution in [0, 0.1) is 5.92 Å². The van der Waals surface area contributed by atoms with Crippen molar-refractivity contribution in [2.75, 3.05) is 0 Å². The van der Waals surface area contributed by atoms with Gasteiger partial charge in [-0.3, -0.25) is 0 Å². The quantitative estimate of drug-likeness (QED) is 0.668. The molecule has 1 aromatic rings. The molecule has 0 N–H and O–H groups in total. The van der Waals surface area contributed by atoms with Gasteiger partial charge in [0.05, 0.1) is 0 Å². The third-order valence-electron chi connectivity index (χ3n) is 2.64. The molecule has 1 heterocycles. The second-order valence-corrected chi connectivity index (χ2v) is 5.67. The lowest BCUT2D eigenvalue weighted by atomic mass is 10.0. The Balaban J connectivity index is 2.87. The van der Waals surface area contributed by atoms with Gasteiger partial charge in [0, 0.05) is 39.3 Å². The number of aryl methyl sites for hydroxylation is 1. The van der Waals surface area contributed by atoms with E-state index in [1.165, 1.54) is 18.5 Å². The van der Waals surface area contributed by atoms with Gasteiger partial charge in [0.1, 0.15) is 0 Å². The minimum atomic E-state index is 0.188. The highest BCUT2D eigenvalue weighted by Crippen LogP contribution is 2.10. The zero-order chi connectivity index (χ0) is 11.5. The van der Waals surface area contributed by atoms with Crippen LogP contribution in [-0.2, 0) is 12.0 Å². The summed E-state index contributed by atoms with van der Waals surface area (Å²) < 4.78 is 2.38. The van der Waals surface area contributed by atoms with E-state index in [0.29, 0.717) is 0 Å². The number of pyridine rings is 1. The molecule has 1 aromatic heterocycles. The van der Waals surface area contributed by atoms with Crippen molar-refractivity contribution >= 4 is 0 Å². The standard InChI is InChI=1S/C14H24N/c1-12(2)9-10-13-8-6-7-11-15(13)14(3,4)5/h6-8,11-12H,9-10H2,1-5H3/q+1. The van der Waals surface area contributed by atoms with Gasteiger partial charge in [0.2, 0.25) is 0 Å². The van der Waals surface area contributed by atoms with E-state index in [-0.39, 0.29) is 5.54 Å². The molecule has 0 saturated carbocycles. The largest absolute Gasteiger partial charge is 0.198 e. The molecule has 0 aromatic carbocycles. The van der Waals surface area contributed by atoms with Gasteiger partial charge in [-0.25, -0.2) is 0 Å². The predicted octanol–water partition coefficient (Wildman–Crippen LogP) is 3.32. The Morgan fingerprint density at radius 3 is 2.40 bits per heavy atom. The van der Waals surface area contributed by atoms with Gasteiger partial charge in [-0.15, -0.1) is 0 Å². The van der Waals surface area contributed by atoms with Gasteiger partial charge in [-0.2, -0.15) is 4.57 Å². The highest BCUT2D eigenvalue weighted by atomic mass is 15.0. The Morgan fingerprint density at radius 1 is 1.20 bits per heavy atom. The van der Waals surface area contributed by atoms with Gasteiger partial charge >= 0.3 is 0 Å². The van der Waals surface area contributed by atoms with E-state index in [1.807, 2.05) is 0 Å². The van der Waals surface area contributed by atoms with Crippen LogP contribution in [0.15, 0.2) is 24.4 Å². The molecule has 1 rings (SSSR count). The summed E-state index contributed by atoms with van der Waals surface area (Å²) in [6.45, 7) is 11.3. The molecule has 0 spiro atoms. The summed E-state index contributed by atoms with van der Waals surface area (Å²) in [7, 11) is 0. The Kier molecular flexibility index (Phi) is 3.90. The second kappa shape index (κ2) is 4.78. The van der Waals surface area contributed by atoms with Crippen LogP contribution in [0.1, 0.15) is 46.7 Å². The Bertz CT molecular complexity index is 307. The number of rotatable bonds is 3. The van der Waals surface area contributed by atoms with Gasteiger partial charge < -0.3 is 0 Å². The van der Waals surface area contributed by atoms with Crippen molar-refractivity contribution in [1.82, 2.24) is 0 Å². The van der Waals surface area contributed by atoms with Crippen molar-refractivity contribution < 1.29 is 4.57 Å². The molecule has 0 atom stereocenters. The molecule has 0 radical (unpaired) electrons. The van der Waals surface area contributed by atoms with Crippen LogP contribution in [0.5, 0.6) is 0 Å². The lowest BCUT2D eigenvalue weighted by Gasteiger charge is -2.16. The van der Waals surface area contributed by atoms with E-state index in [2.05, 4.69) is 63.6 Å². The fraction of sp³-hybridized carbons (Fsp3) is 0.643. The van der Waals surface area contributed by atoms with Crippen LogP contribution in [0.3, 0.4) is 0 Å².